The summed E-state index contributed by atoms with van der Waals surface area (Å²) in [5.74, 6) is -0.166. The summed E-state index contributed by atoms with van der Waals surface area (Å²) in [7, 11) is 0. The highest BCUT2D eigenvalue weighted by Crippen LogP contribution is 2.37. The van der Waals surface area contributed by atoms with Crippen LogP contribution in [0.25, 0.3) is 0 Å². The Kier molecular flexibility index (Phi) is 4.60. The molecule has 1 aliphatic carbocycles. The molecular formula is C17H15BrN2OS. The maximum atomic E-state index is 12.3. The fourth-order valence-electron chi connectivity index (χ4n) is 2.73. The van der Waals surface area contributed by atoms with Crippen molar-refractivity contribution < 1.29 is 4.79 Å². The lowest BCUT2D eigenvalue weighted by molar-refractivity contribution is 0.102. The normalized spacial score (nSPS) is 13.8. The molecule has 3 rings (SSSR count). The number of benzene rings is 1. The summed E-state index contributed by atoms with van der Waals surface area (Å²) in [5.41, 5.74) is 2.40. The molecule has 0 atom stereocenters. The largest absolute Gasteiger partial charge is 0.312 e. The van der Waals surface area contributed by atoms with Crippen molar-refractivity contribution in [3.05, 3.63) is 50.3 Å². The van der Waals surface area contributed by atoms with E-state index in [1.165, 1.54) is 17.7 Å². The second-order valence-electron chi connectivity index (χ2n) is 5.34. The zero-order chi connectivity index (χ0) is 15.5. The maximum absolute atomic E-state index is 12.3. The van der Waals surface area contributed by atoms with E-state index in [1.54, 1.807) is 23.5 Å². The van der Waals surface area contributed by atoms with Crippen LogP contribution in [0.1, 0.15) is 45.6 Å². The van der Waals surface area contributed by atoms with E-state index in [4.69, 9.17) is 0 Å². The van der Waals surface area contributed by atoms with Gasteiger partial charge in [-0.25, -0.2) is 0 Å². The van der Waals surface area contributed by atoms with Gasteiger partial charge in [0, 0.05) is 14.9 Å². The highest BCUT2D eigenvalue weighted by atomic mass is 79.9. The van der Waals surface area contributed by atoms with Crippen LogP contribution in [0.5, 0.6) is 0 Å². The number of nitrogens with zero attached hydrogens (tertiary/aromatic N) is 1. The number of nitriles is 1. The van der Waals surface area contributed by atoms with Gasteiger partial charge in [0.25, 0.3) is 5.91 Å². The van der Waals surface area contributed by atoms with Crippen molar-refractivity contribution in [1.29, 1.82) is 5.26 Å². The molecule has 1 aromatic heterocycles. The fraction of sp³-hybridized carbons (Fsp3) is 0.294. The van der Waals surface area contributed by atoms with Crippen LogP contribution in [0.3, 0.4) is 0 Å². The summed E-state index contributed by atoms with van der Waals surface area (Å²) in [6.07, 6.45) is 5.47. The molecule has 22 heavy (non-hydrogen) atoms. The number of aryl methyl sites for hydroxylation is 1. The molecule has 1 N–H and O–H groups in total. The maximum Gasteiger partial charge on any atom is 0.256 e. The Balaban J connectivity index is 1.88. The van der Waals surface area contributed by atoms with E-state index < -0.39 is 0 Å². The third-order valence-corrected chi connectivity index (χ3v) is 5.60. The number of carbonyl (C=O) groups is 1. The third kappa shape index (κ3) is 3.08. The van der Waals surface area contributed by atoms with Gasteiger partial charge < -0.3 is 5.32 Å². The molecule has 112 valence electrons. The van der Waals surface area contributed by atoms with Gasteiger partial charge in [0.05, 0.1) is 5.56 Å². The van der Waals surface area contributed by atoms with Crippen molar-refractivity contribution in [1.82, 2.24) is 0 Å². The number of hydrogen-bond donors (Lipinski definition) is 1. The summed E-state index contributed by atoms with van der Waals surface area (Å²) in [5, 5.41) is 13.1. The molecule has 1 heterocycles. The van der Waals surface area contributed by atoms with Crippen molar-refractivity contribution in [2.24, 2.45) is 0 Å². The van der Waals surface area contributed by atoms with Crippen LogP contribution in [0, 0.1) is 11.3 Å². The molecule has 0 bridgehead atoms. The molecule has 0 saturated carbocycles. The minimum Gasteiger partial charge on any atom is -0.312 e. The van der Waals surface area contributed by atoms with Crippen molar-refractivity contribution >= 4 is 38.2 Å². The zero-order valence-corrected chi connectivity index (χ0v) is 14.4. The standard InChI is InChI=1S/C17H15BrN2OS/c18-12-8-6-11(7-9-12)16(21)20-17-14(10-19)13-4-2-1-3-5-15(13)22-17/h6-9H,1-5H2,(H,20,21). The van der Waals surface area contributed by atoms with E-state index in [2.05, 4.69) is 27.3 Å². The van der Waals surface area contributed by atoms with Gasteiger partial charge in [0.15, 0.2) is 0 Å². The smallest absolute Gasteiger partial charge is 0.256 e. The summed E-state index contributed by atoms with van der Waals surface area (Å²) in [6.45, 7) is 0. The predicted octanol–water partition coefficient (Wildman–Crippen LogP) is 4.90. The second-order valence-corrected chi connectivity index (χ2v) is 7.36. The molecule has 1 aliphatic rings. The van der Waals surface area contributed by atoms with E-state index in [-0.39, 0.29) is 5.91 Å². The van der Waals surface area contributed by atoms with Crippen molar-refractivity contribution in [3.8, 4) is 6.07 Å². The van der Waals surface area contributed by atoms with E-state index >= 15 is 0 Å². The first-order chi connectivity index (χ1) is 10.7. The third-order valence-electron chi connectivity index (χ3n) is 3.87. The summed E-state index contributed by atoms with van der Waals surface area (Å²) in [6, 6.07) is 9.50. The van der Waals surface area contributed by atoms with E-state index in [0.717, 1.165) is 29.3 Å². The Morgan fingerprint density at radius 2 is 1.91 bits per heavy atom. The second kappa shape index (κ2) is 6.64. The lowest BCUT2D eigenvalue weighted by Gasteiger charge is -2.04. The highest BCUT2D eigenvalue weighted by molar-refractivity contribution is 9.10. The number of fused-ring (bicyclic) bond motifs is 1. The van der Waals surface area contributed by atoms with Gasteiger partial charge >= 0.3 is 0 Å². The Hall–Kier alpha value is -1.64. The monoisotopic (exact) mass is 374 g/mol. The zero-order valence-electron chi connectivity index (χ0n) is 12.0. The lowest BCUT2D eigenvalue weighted by atomic mass is 10.1. The van der Waals surface area contributed by atoms with Crippen molar-refractivity contribution in [2.45, 2.75) is 32.1 Å². The van der Waals surface area contributed by atoms with Crippen LogP contribution < -0.4 is 5.32 Å². The number of nitrogens with one attached hydrogen (secondary N) is 1. The van der Waals surface area contributed by atoms with Gasteiger partial charge in [-0.15, -0.1) is 11.3 Å². The lowest BCUT2D eigenvalue weighted by Crippen LogP contribution is -2.11. The first-order valence-electron chi connectivity index (χ1n) is 7.30. The van der Waals surface area contributed by atoms with Gasteiger partial charge in [-0.05, 0) is 55.5 Å². The van der Waals surface area contributed by atoms with Crippen LogP contribution in [0.15, 0.2) is 28.7 Å². The topological polar surface area (TPSA) is 52.9 Å². The van der Waals surface area contributed by atoms with Crippen LogP contribution in [0.4, 0.5) is 5.00 Å². The van der Waals surface area contributed by atoms with Crippen molar-refractivity contribution in [2.75, 3.05) is 5.32 Å². The quantitative estimate of drug-likeness (QED) is 0.759. The molecule has 0 aliphatic heterocycles. The van der Waals surface area contributed by atoms with Gasteiger partial charge in [-0.2, -0.15) is 5.26 Å². The summed E-state index contributed by atoms with van der Waals surface area (Å²) in [4.78, 5) is 13.6. The molecule has 3 nitrogen and oxygen atoms in total. The van der Waals surface area contributed by atoms with Crippen LogP contribution in [-0.4, -0.2) is 5.91 Å². The number of halogens is 1. The van der Waals surface area contributed by atoms with E-state index in [9.17, 15) is 10.1 Å². The molecule has 0 unspecified atom stereocenters. The Bertz CT molecular complexity index is 743. The number of anilines is 1. The molecule has 2 aromatic rings. The van der Waals surface area contributed by atoms with Crippen molar-refractivity contribution in [3.63, 3.8) is 0 Å². The van der Waals surface area contributed by atoms with Gasteiger partial charge in [0.2, 0.25) is 0 Å². The predicted molar refractivity (Wildman–Crippen MR) is 92.4 cm³/mol. The average molecular weight is 375 g/mol. The molecule has 1 amide bonds. The number of amides is 1. The minimum atomic E-state index is -0.166. The van der Waals surface area contributed by atoms with E-state index in [1.807, 2.05) is 12.1 Å². The average Bonchev–Trinajstić information content (AvgIpc) is 2.68. The molecule has 0 fully saturated rings. The van der Waals surface area contributed by atoms with Gasteiger partial charge in [-0.1, -0.05) is 22.4 Å². The number of thiophene rings is 1. The van der Waals surface area contributed by atoms with Crippen LogP contribution >= 0.6 is 27.3 Å². The van der Waals surface area contributed by atoms with Crippen LogP contribution in [0.2, 0.25) is 0 Å². The number of rotatable bonds is 2. The minimum absolute atomic E-state index is 0.166. The molecule has 0 spiro atoms. The summed E-state index contributed by atoms with van der Waals surface area (Å²) >= 11 is 4.92. The Morgan fingerprint density at radius 1 is 1.18 bits per heavy atom. The van der Waals surface area contributed by atoms with Gasteiger partial charge in [0.1, 0.15) is 11.1 Å². The molecular weight excluding hydrogens is 360 g/mol. The van der Waals surface area contributed by atoms with Gasteiger partial charge in [-0.3, -0.25) is 4.79 Å². The SMILES string of the molecule is N#Cc1c(NC(=O)c2ccc(Br)cc2)sc2c1CCCCC2. The van der Waals surface area contributed by atoms with Crippen LogP contribution in [-0.2, 0) is 12.8 Å². The summed E-state index contributed by atoms with van der Waals surface area (Å²) < 4.78 is 0.935. The molecule has 1 aromatic carbocycles. The molecule has 0 saturated heterocycles. The fourth-order valence-corrected chi connectivity index (χ4v) is 4.22. The number of hydrogen-bond acceptors (Lipinski definition) is 3. The Morgan fingerprint density at radius 3 is 2.64 bits per heavy atom. The first-order valence-corrected chi connectivity index (χ1v) is 8.91. The first kappa shape index (κ1) is 15.3. The van der Waals surface area contributed by atoms with E-state index in [0.29, 0.717) is 16.1 Å². The number of carbonyl (C=O) groups excluding carboxylic acids is 1. The highest BCUT2D eigenvalue weighted by Gasteiger charge is 2.21. The molecule has 0 radical (unpaired) electrons. The molecule has 5 heteroatoms. The Labute approximate surface area is 142 Å².